The van der Waals surface area contributed by atoms with E-state index in [1.54, 1.807) is 42.7 Å². The van der Waals surface area contributed by atoms with Crippen LogP contribution in [0.15, 0.2) is 78.0 Å². The molecule has 0 saturated heterocycles. The van der Waals surface area contributed by atoms with E-state index in [0.29, 0.717) is 11.1 Å². The van der Waals surface area contributed by atoms with Crippen molar-refractivity contribution in [2.24, 2.45) is 0 Å². The molecule has 7 heteroatoms. The van der Waals surface area contributed by atoms with Crippen LogP contribution in [-0.4, -0.2) is 24.4 Å². The third kappa shape index (κ3) is 4.59. The summed E-state index contributed by atoms with van der Waals surface area (Å²) >= 11 is 0. The van der Waals surface area contributed by atoms with Crippen molar-refractivity contribution in [3.63, 3.8) is 0 Å². The van der Waals surface area contributed by atoms with Crippen molar-refractivity contribution in [2.75, 3.05) is 4.31 Å². The molecule has 1 aromatic heterocycles. The van der Waals surface area contributed by atoms with E-state index < -0.39 is 15.9 Å². The van der Waals surface area contributed by atoms with Gasteiger partial charge in [-0.1, -0.05) is 42.5 Å². The average molecular weight is 408 g/mol. The molecule has 29 heavy (non-hydrogen) atoms. The monoisotopic (exact) mass is 408 g/mol. The maximum atomic E-state index is 13.2. The second kappa shape index (κ2) is 8.81. The maximum absolute atomic E-state index is 13.2. The summed E-state index contributed by atoms with van der Waals surface area (Å²) < 4.78 is 27.2. The van der Waals surface area contributed by atoms with Gasteiger partial charge in [-0.05, 0) is 47.0 Å². The number of benzene rings is 2. The summed E-state index contributed by atoms with van der Waals surface area (Å²) in [6.45, 7) is 1.02. The van der Waals surface area contributed by atoms with Gasteiger partial charge in [-0.25, -0.2) is 12.7 Å². The predicted molar refractivity (Wildman–Crippen MR) is 112 cm³/mol. The number of sulfonamides is 1. The molecule has 0 aliphatic rings. The van der Waals surface area contributed by atoms with Crippen LogP contribution in [0.1, 0.15) is 23.6 Å². The van der Waals surface area contributed by atoms with Gasteiger partial charge in [-0.3, -0.25) is 9.78 Å². The van der Waals surface area contributed by atoms with Gasteiger partial charge in [0.2, 0.25) is 5.91 Å². The van der Waals surface area contributed by atoms with E-state index in [0.717, 1.165) is 9.87 Å². The van der Waals surface area contributed by atoms with Crippen molar-refractivity contribution in [1.29, 1.82) is 0 Å². The minimum absolute atomic E-state index is 0.0298. The number of carbonyl (C=O) groups is 1. The van der Waals surface area contributed by atoms with Gasteiger partial charge in [0.25, 0.3) is 10.0 Å². The highest BCUT2D eigenvalue weighted by molar-refractivity contribution is 7.93. The Hall–Kier alpha value is -3.29. The molecule has 1 amide bonds. The van der Waals surface area contributed by atoms with Crippen molar-refractivity contribution in [1.82, 2.24) is 4.98 Å². The Kier molecular flexibility index (Phi) is 6.21. The smallest absolute Gasteiger partial charge is 0.270 e. The summed E-state index contributed by atoms with van der Waals surface area (Å²) in [5.74, 6) is -0.624. The number of rotatable bonds is 6. The number of anilines is 1. The Morgan fingerprint density at radius 3 is 2.28 bits per heavy atom. The van der Waals surface area contributed by atoms with Gasteiger partial charge in [0.15, 0.2) is 0 Å². The molecule has 0 saturated carbocycles. The molecule has 1 N–H and O–H groups in total. The van der Waals surface area contributed by atoms with Crippen LogP contribution in [0, 0.1) is 0 Å². The molecular weight excluding hydrogens is 388 g/mol. The lowest BCUT2D eigenvalue weighted by molar-refractivity contribution is -0.115. The Morgan fingerprint density at radius 2 is 1.66 bits per heavy atom. The highest BCUT2D eigenvalue weighted by Crippen LogP contribution is 2.29. The Labute approximate surface area is 169 Å². The molecule has 3 aromatic rings. The average Bonchev–Trinajstić information content (AvgIpc) is 2.73. The number of aromatic nitrogens is 1. The van der Waals surface area contributed by atoms with Gasteiger partial charge in [0, 0.05) is 19.3 Å². The molecular formula is C22H20N2O4S. The fraction of sp³-hybridized carbons (Fsp3) is 0.0909. The van der Waals surface area contributed by atoms with Gasteiger partial charge in [0.05, 0.1) is 17.2 Å². The number of pyridine rings is 1. The Bertz CT molecular complexity index is 1120. The van der Waals surface area contributed by atoms with Crippen molar-refractivity contribution in [3.05, 3.63) is 89.7 Å². The van der Waals surface area contributed by atoms with Crippen LogP contribution in [0.2, 0.25) is 0 Å². The lowest BCUT2D eigenvalue weighted by Gasteiger charge is -2.23. The van der Waals surface area contributed by atoms with E-state index in [9.17, 15) is 18.3 Å². The first-order valence-corrected chi connectivity index (χ1v) is 10.3. The topological polar surface area (TPSA) is 87.6 Å². The molecule has 0 spiro atoms. The van der Waals surface area contributed by atoms with Crippen LogP contribution in [0.5, 0.6) is 0 Å². The molecule has 0 radical (unpaired) electrons. The summed E-state index contributed by atoms with van der Waals surface area (Å²) in [5, 5.41) is 9.17. The molecule has 0 bridgehead atoms. The second-order valence-corrected chi connectivity index (χ2v) is 8.05. The molecule has 2 aromatic carbocycles. The number of hydrogen-bond acceptors (Lipinski definition) is 5. The first-order valence-electron chi connectivity index (χ1n) is 8.86. The van der Waals surface area contributed by atoms with Crippen LogP contribution in [0.25, 0.3) is 12.2 Å². The molecule has 0 unspecified atom stereocenters. The predicted octanol–water partition coefficient (Wildman–Crippen LogP) is 3.49. The zero-order chi connectivity index (χ0) is 20.9. The van der Waals surface area contributed by atoms with Crippen molar-refractivity contribution in [3.8, 4) is 0 Å². The van der Waals surface area contributed by atoms with Gasteiger partial charge in [-0.15, -0.1) is 0 Å². The van der Waals surface area contributed by atoms with Crippen molar-refractivity contribution in [2.45, 2.75) is 18.4 Å². The molecule has 0 fully saturated rings. The maximum Gasteiger partial charge on any atom is 0.270 e. The molecule has 6 nitrogen and oxygen atoms in total. The number of para-hydroxylation sites is 1. The van der Waals surface area contributed by atoms with E-state index in [2.05, 4.69) is 4.98 Å². The molecule has 0 atom stereocenters. The van der Waals surface area contributed by atoms with Crippen LogP contribution in [-0.2, 0) is 21.4 Å². The SMILES string of the molecule is CC(=O)N(c1ccccc1/C=C/c1ccncc1)S(=O)(=O)c1ccc(CO)cc1. The molecule has 3 rings (SSSR count). The summed E-state index contributed by atoms with van der Waals surface area (Å²) in [4.78, 5) is 16.3. The van der Waals surface area contributed by atoms with E-state index in [4.69, 9.17) is 0 Å². The highest BCUT2D eigenvalue weighted by atomic mass is 32.2. The van der Waals surface area contributed by atoms with E-state index in [-0.39, 0.29) is 17.2 Å². The minimum atomic E-state index is -4.13. The summed E-state index contributed by atoms with van der Waals surface area (Å²) in [6, 6.07) is 16.2. The van der Waals surface area contributed by atoms with Crippen LogP contribution >= 0.6 is 0 Å². The minimum Gasteiger partial charge on any atom is -0.392 e. The van der Waals surface area contributed by atoms with Gasteiger partial charge >= 0.3 is 0 Å². The molecule has 0 aliphatic carbocycles. The third-order valence-corrected chi connectivity index (χ3v) is 6.05. The lowest BCUT2D eigenvalue weighted by atomic mass is 10.1. The van der Waals surface area contributed by atoms with E-state index in [1.807, 2.05) is 18.2 Å². The zero-order valence-electron chi connectivity index (χ0n) is 15.8. The van der Waals surface area contributed by atoms with Crippen LogP contribution < -0.4 is 4.31 Å². The highest BCUT2D eigenvalue weighted by Gasteiger charge is 2.29. The summed E-state index contributed by atoms with van der Waals surface area (Å²) in [6.07, 6.45) is 6.90. The van der Waals surface area contributed by atoms with E-state index in [1.165, 1.54) is 31.2 Å². The second-order valence-electron chi connectivity index (χ2n) is 6.26. The molecule has 0 aliphatic heterocycles. The zero-order valence-corrected chi connectivity index (χ0v) is 16.6. The van der Waals surface area contributed by atoms with Gasteiger partial charge in [-0.2, -0.15) is 0 Å². The van der Waals surface area contributed by atoms with Crippen LogP contribution in [0.4, 0.5) is 5.69 Å². The number of aliphatic hydroxyl groups is 1. The standard InChI is InChI=1S/C22H20N2O4S/c1-17(26)24(29(27,28)21-10-7-19(16-25)8-11-21)22-5-3-2-4-20(22)9-6-18-12-14-23-15-13-18/h2-15,25H,16H2,1H3/b9-6+. The van der Waals surface area contributed by atoms with Crippen LogP contribution in [0.3, 0.4) is 0 Å². The van der Waals surface area contributed by atoms with Gasteiger partial charge in [0.1, 0.15) is 0 Å². The Morgan fingerprint density at radius 1 is 1.00 bits per heavy atom. The lowest BCUT2D eigenvalue weighted by Crippen LogP contribution is -2.35. The normalized spacial score (nSPS) is 11.5. The first-order chi connectivity index (χ1) is 13.9. The van der Waals surface area contributed by atoms with Crippen molar-refractivity contribution < 1.29 is 18.3 Å². The largest absolute Gasteiger partial charge is 0.392 e. The molecule has 1 heterocycles. The number of hydrogen-bond donors (Lipinski definition) is 1. The number of nitrogens with zero attached hydrogens (tertiary/aromatic N) is 2. The first kappa shape index (κ1) is 20.4. The number of carbonyl (C=O) groups excluding carboxylic acids is 1. The number of aliphatic hydroxyl groups excluding tert-OH is 1. The van der Waals surface area contributed by atoms with Crippen molar-refractivity contribution >= 4 is 33.8 Å². The fourth-order valence-corrected chi connectivity index (χ4v) is 4.27. The summed E-state index contributed by atoms with van der Waals surface area (Å²) in [5.41, 5.74) is 2.32. The quantitative estimate of drug-likeness (QED) is 0.675. The summed E-state index contributed by atoms with van der Waals surface area (Å²) in [7, 11) is -4.13. The third-order valence-electron chi connectivity index (χ3n) is 4.25. The Balaban J connectivity index is 2.06. The fourth-order valence-electron chi connectivity index (χ4n) is 2.81. The molecule has 148 valence electrons. The number of amides is 1. The van der Waals surface area contributed by atoms with E-state index >= 15 is 0 Å². The van der Waals surface area contributed by atoms with Gasteiger partial charge < -0.3 is 5.11 Å².